The summed E-state index contributed by atoms with van der Waals surface area (Å²) in [6.07, 6.45) is 5.14. The van der Waals surface area contributed by atoms with Crippen LogP contribution in [0.5, 0.6) is 0 Å². The van der Waals surface area contributed by atoms with Gasteiger partial charge in [0.15, 0.2) is 0 Å². The van der Waals surface area contributed by atoms with Gasteiger partial charge in [-0.05, 0) is 30.9 Å². The van der Waals surface area contributed by atoms with E-state index < -0.39 is 0 Å². The molecule has 1 aliphatic heterocycles. The summed E-state index contributed by atoms with van der Waals surface area (Å²) < 4.78 is 0. The molecule has 1 N–H and O–H groups in total. The third kappa shape index (κ3) is 3.43. The van der Waals surface area contributed by atoms with E-state index in [9.17, 15) is 0 Å². The van der Waals surface area contributed by atoms with Gasteiger partial charge < -0.3 is 10.2 Å². The van der Waals surface area contributed by atoms with Gasteiger partial charge in [-0.2, -0.15) is 0 Å². The van der Waals surface area contributed by atoms with Crippen molar-refractivity contribution in [2.45, 2.75) is 33.2 Å². The second-order valence-corrected chi connectivity index (χ2v) is 5.45. The summed E-state index contributed by atoms with van der Waals surface area (Å²) in [7, 11) is 0. The Hall–Kier alpha value is -1.09. The first-order valence-corrected chi connectivity index (χ1v) is 6.55. The predicted octanol–water partition coefficient (Wildman–Crippen LogP) is 2.21. The van der Waals surface area contributed by atoms with Crippen LogP contribution in [0.1, 0.15) is 25.8 Å². The molecule has 3 nitrogen and oxygen atoms in total. The van der Waals surface area contributed by atoms with E-state index in [0.29, 0.717) is 6.04 Å². The number of pyridine rings is 1. The first-order valence-electron chi connectivity index (χ1n) is 6.55. The van der Waals surface area contributed by atoms with Gasteiger partial charge in [0.1, 0.15) is 0 Å². The number of hydrogen-bond donors (Lipinski definition) is 1. The molecule has 1 unspecified atom stereocenters. The van der Waals surface area contributed by atoms with Crippen LogP contribution in [0.25, 0.3) is 0 Å². The summed E-state index contributed by atoms with van der Waals surface area (Å²) in [5.41, 5.74) is 2.50. The van der Waals surface area contributed by atoms with Crippen LogP contribution in [-0.4, -0.2) is 30.7 Å². The summed E-state index contributed by atoms with van der Waals surface area (Å²) in [5, 5.41) is 3.60. The maximum absolute atomic E-state index is 4.28. The topological polar surface area (TPSA) is 28.2 Å². The highest BCUT2D eigenvalue weighted by Crippen LogP contribution is 2.18. The molecule has 94 valence electrons. The number of aryl methyl sites for hydroxylation is 1. The largest absolute Gasteiger partial charge is 0.367 e. The van der Waals surface area contributed by atoms with E-state index in [2.05, 4.69) is 42.0 Å². The van der Waals surface area contributed by atoms with Crippen molar-refractivity contribution in [3.63, 3.8) is 0 Å². The Balaban J connectivity index is 2.02. The molecule has 1 aromatic rings. The third-order valence-corrected chi connectivity index (χ3v) is 3.24. The lowest BCUT2D eigenvalue weighted by molar-refractivity contribution is 0.388. The summed E-state index contributed by atoms with van der Waals surface area (Å²) in [6.45, 7) is 9.93. The number of rotatable bonds is 3. The molecule has 0 bridgehead atoms. The van der Waals surface area contributed by atoms with E-state index in [-0.39, 0.29) is 0 Å². The van der Waals surface area contributed by atoms with Crippen LogP contribution >= 0.6 is 0 Å². The molecule has 0 spiro atoms. The van der Waals surface area contributed by atoms with Crippen LogP contribution in [0.3, 0.4) is 0 Å². The lowest BCUT2D eigenvalue weighted by atomic mass is 10.0. The highest BCUT2D eigenvalue weighted by molar-refractivity contribution is 5.46. The minimum Gasteiger partial charge on any atom is -0.367 e. The van der Waals surface area contributed by atoms with Crippen molar-refractivity contribution in [2.75, 3.05) is 24.5 Å². The standard InChI is InChI=1S/C14H23N3/c1-11(2)6-13-10-17(5-4-16-13)14-7-12(3)8-15-9-14/h7-9,11,13,16H,4-6,10H2,1-3H3. The van der Waals surface area contributed by atoms with Crippen LogP contribution in [-0.2, 0) is 0 Å². The number of anilines is 1. The first kappa shape index (κ1) is 12.4. The smallest absolute Gasteiger partial charge is 0.0556 e. The van der Waals surface area contributed by atoms with E-state index in [1.165, 1.54) is 17.7 Å². The fourth-order valence-corrected chi connectivity index (χ4v) is 2.50. The normalized spacial score (nSPS) is 20.9. The average molecular weight is 233 g/mol. The molecular weight excluding hydrogens is 210 g/mol. The Labute approximate surface area is 104 Å². The van der Waals surface area contributed by atoms with Gasteiger partial charge in [-0.25, -0.2) is 0 Å². The van der Waals surface area contributed by atoms with Gasteiger partial charge in [0.05, 0.1) is 11.9 Å². The number of aromatic nitrogens is 1. The molecule has 0 radical (unpaired) electrons. The van der Waals surface area contributed by atoms with Crippen molar-refractivity contribution in [3.8, 4) is 0 Å². The van der Waals surface area contributed by atoms with Gasteiger partial charge in [0, 0.05) is 31.9 Å². The molecule has 1 aromatic heterocycles. The monoisotopic (exact) mass is 233 g/mol. The molecule has 3 heteroatoms. The van der Waals surface area contributed by atoms with Crippen molar-refractivity contribution < 1.29 is 0 Å². The quantitative estimate of drug-likeness (QED) is 0.867. The summed E-state index contributed by atoms with van der Waals surface area (Å²) in [5.74, 6) is 0.753. The van der Waals surface area contributed by atoms with Gasteiger partial charge in [0.25, 0.3) is 0 Å². The van der Waals surface area contributed by atoms with E-state index >= 15 is 0 Å². The number of hydrogen-bond acceptors (Lipinski definition) is 3. The van der Waals surface area contributed by atoms with Gasteiger partial charge >= 0.3 is 0 Å². The zero-order valence-electron chi connectivity index (χ0n) is 11.1. The Morgan fingerprint density at radius 1 is 1.47 bits per heavy atom. The van der Waals surface area contributed by atoms with Crippen LogP contribution in [0, 0.1) is 12.8 Å². The molecule has 1 atom stereocenters. The second kappa shape index (κ2) is 5.50. The summed E-state index contributed by atoms with van der Waals surface area (Å²) >= 11 is 0. The molecule has 1 saturated heterocycles. The molecule has 1 fully saturated rings. The minimum atomic E-state index is 0.615. The van der Waals surface area contributed by atoms with E-state index in [0.717, 1.165) is 25.6 Å². The van der Waals surface area contributed by atoms with E-state index in [1.54, 1.807) is 0 Å². The first-order chi connectivity index (χ1) is 8.15. The maximum atomic E-state index is 4.28. The molecule has 0 saturated carbocycles. The molecule has 0 aliphatic carbocycles. The van der Waals surface area contributed by atoms with Crippen LogP contribution in [0.2, 0.25) is 0 Å². The fourth-order valence-electron chi connectivity index (χ4n) is 2.50. The maximum Gasteiger partial charge on any atom is 0.0556 e. The Bertz CT molecular complexity index is 362. The molecule has 0 amide bonds. The van der Waals surface area contributed by atoms with Gasteiger partial charge in [-0.15, -0.1) is 0 Å². The second-order valence-electron chi connectivity index (χ2n) is 5.45. The van der Waals surface area contributed by atoms with Gasteiger partial charge in [-0.1, -0.05) is 13.8 Å². The van der Waals surface area contributed by atoms with Crippen molar-refractivity contribution in [3.05, 3.63) is 24.0 Å². The Morgan fingerprint density at radius 2 is 2.29 bits per heavy atom. The van der Waals surface area contributed by atoms with Crippen LogP contribution in [0.4, 0.5) is 5.69 Å². The van der Waals surface area contributed by atoms with Crippen molar-refractivity contribution in [1.82, 2.24) is 10.3 Å². The van der Waals surface area contributed by atoms with Crippen LogP contribution in [0.15, 0.2) is 18.5 Å². The number of nitrogens with zero attached hydrogens (tertiary/aromatic N) is 2. The lowest BCUT2D eigenvalue weighted by Gasteiger charge is -2.36. The summed E-state index contributed by atoms with van der Waals surface area (Å²) in [6, 6.07) is 2.84. The number of nitrogens with one attached hydrogen (secondary N) is 1. The predicted molar refractivity (Wildman–Crippen MR) is 72.4 cm³/mol. The zero-order valence-corrected chi connectivity index (χ0v) is 11.1. The third-order valence-electron chi connectivity index (χ3n) is 3.24. The molecule has 1 aliphatic rings. The minimum absolute atomic E-state index is 0.615. The van der Waals surface area contributed by atoms with E-state index in [1.807, 2.05) is 12.4 Å². The number of piperazine rings is 1. The highest BCUT2D eigenvalue weighted by atomic mass is 15.2. The van der Waals surface area contributed by atoms with Gasteiger partial charge in [0.2, 0.25) is 0 Å². The Kier molecular flexibility index (Phi) is 4.00. The summed E-state index contributed by atoms with van der Waals surface area (Å²) in [4.78, 5) is 6.73. The molecule has 2 heterocycles. The van der Waals surface area contributed by atoms with Gasteiger partial charge in [-0.3, -0.25) is 4.98 Å². The zero-order chi connectivity index (χ0) is 12.3. The molecule has 2 rings (SSSR count). The molecule has 17 heavy (non-hydrogen) atoms. The molecule has 0 aromatic carbocycles. The van der Waals surface area contributed by atoms with Crippen molar-refractivity contribution in [2.24, 2.45) is 5.92 Å². The molecular formula is C14H23N3. The van der Waals surface area contributed by atoms with Crippen molar-refractivity contribution >= 4 is 5.69 Å². The van der Waals surface area contributed by atoms with E-state index in [4.69, 9.17) is 0 Å². The highest BCUT2D eigenvalue weighted by Gasteiger charge is 2.20. The SMILES string of the molecule is Cc1cncc(N2CCNC(CC(C)C)C2)c1. The van der Waals surface area contributed by atoms with Crippen molar-refractivity contribution in [1.29, 1.82) is 0 Å². The lowest BCUT2D eigenvalue weighted by Crippen LogP contribution is -2.51. The van der Waals surface area contributed by atoms with Crippen LogP contribution < -0.4 is 10.2 Å². The average Bonchev–Trinajstić information content (AvgIpc) is 2.28. The fraction of sp³-hybridized carbons (Fsp3) is 0.643. The Morgan fingerprint density at radius 3 is 3.00 bits per heavy atom.